The molecule has 8 heavy (non-hydrogen) atoms. The third-order valence-corrected chi connectivity index (χ3v) is 1.90. The first kappa shape index (κ1) is 3.85. The standard InChI is InChI=1S/C6H11NO/c1-2-7-5-3-6(1)8-4-5/h5-7H,1-4H2/i/hD. The van der Waals surface area contributed by atoms with Gasteiger partial charge in [-0.3, -0.25) is 0 Å². The second-order valence-electron chi connectivity index (χ2n) is 2.54. The first-order chi connectivity index (χ1) is 4.36. The predicted octanol–water partition coefficient (Wildman–Crippen LogP) is 0.137. The summed E-state index contributed by atoms with van der Waals surface area (Å²) in [5, 5.41) is 1.66. The molecule has 2 fully saturated rings. The van der Waals surface area contributed by atoms with Crippen LogP contribution in [0.4, 0.5) is 0 Å². The van der Waals surface area contributed by atoms with Crippen molar-refractivity contribution >= 4 is 0 Å². The van der Waals surface area contributed by atoms with Gasteiger partial charge in [-0.25, -0.2) is 0 Å². The number of nitrogens with one attached hydrogen (secondary N) is 1. The average molecular weight is 114 g/mol. The van der Waals surface area contributed by atoms with E-state index in [4.69, 9.17) is 6.15 Å². The zero-order chi connectivity index (χ0) is 6.27. The van der Waals surface area contributed by atoms with Gasteiger partial charge in [0.25, 0.3) is 0 Å². The van der Waals surface area contributed by atoms with E-state index < -0.39 is 0 Å². The SMILES string of the molecule is [2H]N1CCC2CC1CO2. The predicted molar refractivity (Wildman–Crippen MR) is 30.8 cm³/mol. The molecule has 2 heteroatoms. The van der Waals surface area contributed by atoms with Crippen LogP contribution in [0.5, 0.6) is 0 Å². The topological polar surface area (TPSA) is 21.3 Å². The van der Waals surface area contributed by atoms with Crippen LogP contribution in [0.2, 0.25) is 1.41 Å². The summed E-state index contributed by atoms with van der Waals surface area (Å²) < 4.78 is 12.8. The van der Waals surface area contributed by atoms with Gasteiger partial charge < -0.3 is 10.0 Å². The first-order valence-corrected chi connectivity index (χ1v) is 3.23. The molecule has 1 N–H and O–H groups in total. The van der Waals surface area contributed by atoms with Crippen molar-refractivity contribution in [2.75, 3.05) is 13.2 Å². The Kier molecular flexibility index (Phi) is 0.822. The fraction of sp³-hybridized carbons (Fsp3) is 1.00. The van der Waals surface area contributed by atoms with Gasteiger partial charge in [-0.15, -0.1) is 0 Å². The number of rotatable bonds is 0. The van der Waals surface area contributed by atoms with Gasteiger partial charge in [0, 0.05) is 6.04 Å². The summed E-state index contributed by atoms with van der Waals surface area (Å²) in [6.07, 6.45) is 2.63. The number of ether oxygens (including phenoxy) is 1. The molecule has 2 unspecified atom stereocenters. The van der Waals surface area contributed by atoms with Crippen molar-refractivity contribution in [3.8, 4) is 0 Å². The van der Waals surface area contributed by atoms with E-state index in [1.54, 1.807) is 5.31 Å². The molecule has 0 aromatic rings. The maximum absolute atomic E-state index is 7.41. The summed E-state index contributed by atoms with van der Waals surface area (Å²) in [4.78, 5) is 0. The molecule has 2 saturated heterocycles. The lowest BCUT2D eigenvalue weighted by atomic mass is 10.1. The molecule has 46 valence electrons. The zero-order valence-electron chi connectivity index (χ0n) is 5.84. The van der Waals surface area contributed by atoms with Gasteiger partial charge in [-0.05, 0) is 19.4 Å². The van der Waals surface area contributed by atoms with E-state index >= 15 is 0 Å². The van der Waals surface area contributed by atoms with Crippen LogP contribution in [-0.4, -0.2) is 25.3 Å². The van der Waals surface area contributed by atoms with E-state index in [1.165, 1.54) is 0 Å². The molecule has 0 amide bonds. The number of hydrogen-bond acceptors (Lipinski definition) is 2. The Labute approximate surface area is 50.7 Å². The highest BCUT2D eigenvalue weighted by Gasteiger charge is 2.28. The smallest absolute Gasteiger partial charge is 0.123 e. The van der Waals surface area contributed by atoms with E-state index in [1.807, 2.05) is 0 Å². The molecule has 0 spiro atoms. The molecule has 2 heterocycles. The van der Waals surface area contributed by atoms with Crippen molar-refractivity contribution in [1.29, 1.82) is 0 Å². The Morgan fingerprint density at radius 3 is 3.62 bits per heavy atom. The van der Waals surface area contributed by atoms with E-state index in [-0.39, 0.29) is 0 Å². The zero-order valence-corrected chi connectivity index (χ0v) is 4.84. The highest BCUT2D eigenvalue weighted by molar-refractivity contribution is 4.83. The molecule has 0 aromatic heterocycles. The third kappa shape index (κ3) is 0.644. The lowest BCUT2D eigenvalue weighted by Gasteiger charge is -2.16. The van der Waals surface area contributed by atoms with E-state index in [0.29, 0.717) is 12.1 Å². The lowest BCUT2D eigenvalue weighted by Crippen LogP contribution is -2.34. The first-order valence-electron chi connectivity index (χ1n) is 3.68. The molecule has 2 aliphatic rings. The quantitative estimate of drug-likeness (QED) is 0.483. The highest BCUT2D eigenvalue weighted by Crippen LogP contribution is 2.19. The van der Waals surface area contributed by atoms with E-state index in [2.05, 4.69) is 0 Å². The minimum absolute atomic E-state index is 0.406. The number of fused-ring (bicyclic) bond motifs is 2. The van der Waals surface area contributed by atoms with Crippen molar-refractivity contribution in [3.63, 3.8) is 0 Å². The Morgan fingerprint density at radius 1 is 1.75 bits per heavy atom. The summed E-state index contributed by atoms with van der Waals surface area (Å²) in [6.45, 7) is 1.68. The van der Waals surface area contributed by atoms with Crippen LogP contribution in [0.25, 0.3) is 0 Å². The molecular weight excluding hydrogens is 102 g/mol. The van der Waals surface area contributed by atoms with Crippen LogP contribution in [0, 0.1) is 0 Å². The summed E-state index contributed by atoms with van der Waals surface area (Å²) in [7, 11) is 0. The van der Waals surface area contributed by atoms with Crippen LogP contribution in [0.3, 0.4) is 0 Å². The van der Waals surface area contributed by atoms with Gasteiger partial charge in [0.15, 0.2) is 0 Å². The molecule has 2 aliphatic heterocycles. The summed E-state index contributed by atoms with van der Waals surface area (Å²) >= 11 is 0. The summed E-state index contributed by atoms with van der Waals surface area (Å²) in [6, 6.07) is 0.406. The van der Waals surface area contributed by atoms with Gasteiger partial charge in [0.2, 0.25) is 0 Å². The van der Waals surface area contributed by atoms with Gasteiger partial charge in [0.05, 0.1) is 12.7 Å². The van der Waals surface area contributed by atoms with Crippen LogP contribution >= 0.6 is 0 Å². The second kappa shape index (κ2) is 1.71. The second-order valence-corrected chi connectivity index (χ2v) is 2.54. The molecule has 2 nitrogen and oxygen atoms in total. The maximum atomic E-state index is 7.41. The van der Waals surface area contributed by atoms with Gasteiger partial charge in [0.1, 0.15) is 1.41 Å². The Balaban J connectivity index is 2.05. The number of hydrogen-bond donors (Lipinski definition) is 1. The monoisotopic (exact) mass is 114 g/mol. The van der Waals surface area contributed by atoms with Crippen LogP contribution in [-0.2, 0) is 4.74 Å². The fourth-order valence-electron chi connectivity index (χ4n) is 1.42. The van der Waals surface area contributed by atoms with Crippen molar-refractivity contribution in [3.05, 3.63) is 0 Å². The minimum atomic E-state index is 0.406. The fourth-order valence-corrected chi connectivity index (χ4v) is 1.42. The molecule has 0 saturated carbocycles. The number of piperidine rings is 1. The molecule has 0 aromatic carbocycles. The summed E-state index contributed by atoms with van der Waals surface area (Å²) in [5.41, 5.74) is 0. The van der Waals surface area contributed by atoms with Crippen molar-refractivity contribution in [2.45, 2.75) is 25.0 Å². The van der Waals surface area contributed by atoms with Gasteiger partial charge in [-0.1, -0.05) is 0 Å². The highest BCUT2D eigenvalue weighted by atomic mass is 16.5. The normalized spacial score (nSPS) is 49.2. The maximum Gasteiger partial charge on any atom is 0.123 e. The molecule has 2 bridgehead atoms. The van der Waals surface area contributed by atoms with Gasteiger partial charge in [-0.2, -0.15) is 0 Å². The molecule has 0 aliphatic carbocycles. The third-order valence-electron chi connectivity index (χ3n) is 1.90. The Hall–Kier alpha value is -0.0800. The van der Waals surface area contributed by atoms with Crippen molar-refractivity contribution in [1.82, 2.24) is 5.31 Å². The van der Waals surface area contributed by atoms with Crippen molar-refractivity contribution < 1.29 is 6.15 Å². The van der Waals surface area contributed by atoms with E-state index in [9.17, 15) is 0 Å². The average Bonchev–Trinajstić information content (AvgIpc) is 2.25. The Morgan fingerprint density at radius 2 is 2.75 bits per heavy atom. The lowest BCUT2D eigenvalue weighted by molar-refractivity contribution is 0.110. The van der Waals surface area contributed by atoms with Crippen LogP contribution in [0.15, 0.2) is 0 Å². The molecule has 2 atom stereocenters. The molecular formula is C6H11NO. The molecule has 2 rings (SSSR count). The summed E-state index contributed by atoms with van der Waals surface area (Å²) in [5.74, 6) is 0. The Bertz CT molecular complexity index is 120. The molecule has 0 radical (unpaired) electrons. The van der Waals surface area contributed by atoms with Crippen LogP contribution in [0.1, 0.15) is 12.8 Å². The van der Waals surface area contributed by atoms with Gasteiger partial charge >= 0.3 is 0 Å². The van der Waals surface area contributed by atoms with Crippen LogP contribution < -0.4 is 5.31 Å². The largest absolute Gasteiger partial charge is 0.376 e. The van der Waals surface area contributed by atoms with Crippen molar-refractivity contribution in [2.24, 2.45) is 0 Å². The van der Waals surface area contributed by atoms with E-state index in [0.717, 1.165) is 26.0 Å². The minimum Gasteiger partial charge on any atom is -0.376 e.